The average molecular weight is 235 g/mol. The van der Waals surface area contributed by atoms with Crippen LogP contribution >= 0.6 is 0 Å². The van der Waals surface area contributed by atoms with Crippen molar-refractivity contribution in [2.45, 2.75) is 26.2 Å². The summed E-state index contributed by atoms with van der Waals surface area (Å²) in [4.78, 5) is 26.5. The summed E-state index contributed by atoms with van der Waals surface area (Å²) in [6, 6.07) is 5.24. The molecule has 92 valence electrons. The van der Waals surface area contributed by atoms with Crippen molar-refractivity contribution in [1.82, 2.24) is 10.3 Å². The quantitative estimate of drug-likeness (QED) is 0.804. The molecule has 17 heavy (non-hydrogen) atoms. The van der Waals surface area contributed by atoms with Gasteiger partial charge in [-0.3, -0.25) is 9.59 Å². The largest absolute Gasteiger partial charge is 0.368 e. The fourth-order valence-corrected chi connectivity index (χ4v) is 1.24. The van der Waals surface area contributed by atoms with Crippen LogP contribution in [0, 0.1) is 0 Å². The van der Waals surface area contributed by atoms with Gasteiger partial charge in [-0.15, -0.1) is 0 Å². The van der Waals surface area contributed by atoms with E-state index in [4.69, 9.17) is 5.73 Å². The summed E-state index contributed by atoms with van der Waals surface area (Å²) in [5, 5.41) is 2.40. The number of nitrogens with zero attached hydrogens (tertiary/aromatic N) is 1. The SMILES string of the molecule is CC(C)(C)c1cccc(C(=O)NCC(N)=O)n1. The van der Waals surface area contributed by atoms with Gasteiger partial charge in [0.2, 0.25) is 5.91 Å². The van der Waals surface area contributed by atoms with Gasteiger partial charge in [0, 0.05) is 11.1 Å². The standard InChI is InChI=1S/C12H17N3O2/c1-12(2,3)9-6-4-5-8(15-9)11(17)14-7-10(13)16/h4-6H,7H2,1-3H3,(H2,13,16)(H,14,17). The lowest BCUT2D eigenvalue weighted by atomic mass is 9.91. The fourth-order valence-electron chi connectivity index (χ4n) is 1.24. The van der Waals surface area contributed by atoms with Crippen LogP contribution in [0.25, 0.3) is 0 Å². The molecule has 0 fully saturated rings. The van der Waals surface area contributed by atoms with Crippen molar-refractivity contribution in [1.29, 1.82) is 0 Å². The zero-order chi connectivity index (χ0) is 13.1. The Morgan fingerprint density at radius 1 is 1.35 bits per heavy atom. The molecular formula is C12H17N3O2. The number of rotatable bonds is 3. The second-order valence-electron chi connectivity index (χ2n) is 4.81. The lowest BCUT2D eigenvalue weighted by Gasteiger charge is -2.18. The molecule has 0 bridgehead atoms. The van der Waals surface area contributed by atoms with Crippen LogP contribution in [0.2, 0.25) is 0 Å². The number of hydrogen-bond donors (Lipinski definition) is 2. The van der Waals surface area contributed by atoms with Crippen molar-refractivity contribution in [2.75, 3.05) is 6.54 Å². The van der Waals surface area contributed by atoms with E-state index in [0.717, 1.165) is 5.69 Å². The van der Waals surface area contributed by atoms with E-state index in [1.54, 1.807) is 12.1 Å². The van der Waals surface area contributed by atoms with Crippen molar-refractivity contribution in [3.63, 3.8) is 0 Å². The second kappa shape index (κ2) is 4.95. The first kappa shape index (κ1) is 13.2. The van der Waals surface area contributed by atoms with Crippen molar-refractivity contribution in [3.05, 3.63) is 29.6 Å². The molecule has 1 heterocycles. The van der Waals surface area contributed by atoms with E-state index >= 15 is 0 Å². The molecule has 0 atom stereocenters. The molecule has 0 saturated heterocycles. The number of nitrogens with two attached hydrogens (primary N) is 1. The van der Waals surface area contributed by atoms with Gasteiger partial charge in [-0.1, -0.05) is 26.8 Å². The molecule has 1 aromatic heterocycles. The number of carbonyl (C=O) groups excluding carboxylic acids is 2. The molecule has 0 aromatic carbocycles. The molecule has 0 aliphatic rings. The normalized spacial score (nSPS) is 11.0. The molecule has 0 spiro atoms. The first-order valence-electron chi connectivity index (χ1n) is 5.35. The minimum atomic E-state index is -0.578. The monoisotopic (exact) mass is 235 g/mol. The molecule has 3 N–H and O–H groups in total. The van der Waals surface area contributed by atoms with E-state index in [-0.39, 0.29) is 12.0 Å². The molecule has 0 saturated carbocycles. The molecule has 1 aromatic rings. The summed E-state index contributed by atoms with van der Waals surface area (Å²) >= 11 is 0. The number of primary amides is 1. The van der Waals surface area contributed by atoms with Gasteiger partial charge in [-0.05, 0) is 12.1 Å². The topological polar surface area (TPSA) is 85.1 Å². The number of nitrogens with one attached hydrogen (secondary N) is 1. The maximum absolute atomic E-state index is 11.6. The van der Waals surface area contributed by atoms with Crippen LogP contribution in [-0.4, -0.2) is 23.3 Å². The Bertz CT molecular complexity index is 436. The molecule has 0 radical (unpaired) electrons. The Kier molecular flexibility index (Phi) is 3.83. The predicted molar refractivity (Wildman–Crippen MR) is 64.5 cm³/mol. The number of hydrogen-bond acceptors (Lipinski definition) is 3. The second-order valence-corrected chi connectivity index (χ2v) is 4.81. The van der Waals surface area contributed by atoms with Gasteiger partial charge in [-0.25, -0.2) is 4.98 Å². The van der Waals surface area contributed by atoms with Gasteiger partial charge in [0.05, 0.1) is 6.54 Å². The van der Waals surface area contributed by atoms with Gasteiger partial charge < -0.3 is 11.1 Å². The van der Waals surface area contributed by atoms with Crippen LogP contribution in [-0.2, 0) is 10.2 Å². The Morgan fingerprint density at radius 3 is 2.53 bits per heavy atom. The zero-order valence-corrected chi connectivity index (χ0v) is 10.3. The molecule has 0 aliphatic heterocycles. The van der Waals surface area contributed by atoms with Crippen molar-refractivity contribution in [2.24, 2.45) is 5.73 Å². The Labute approximate surface area is 100 Å². The molecule has 5 heteroatoms. The molecule has 0 aliphatic carbocycles. The first-order chi connectivity index (χ1) is 7.80. The summed E-state index contributed by atoms with van der Waals surface area (Å²) in [6.07, 6.45) is 0. The third kappa shape index (κ3) is 3.86. The van der Waals surface area contributed by atoms with Gasteiger partial charge >= 0.3 is 0 Å². The number of carbonyl (C=O) groups is 2. The van der Waals surface area contributed by atoms with Gasteiger partial charge in [-0.2, -0.15) is 0 Å². The smallest absolute Gasteiger partial charge is 0.270 e. The molecular weight excluding hydrogens is 218 g/mol. The van der Waals surface area contributed by atoms with Gasteiger partial charge in [0.25, 0.3) is 5.91 Å². The maximum Gasteiger partial charge on any atom is 0.270 e. The summed E-state index contributed by atoms with van der Waals surface area (Å²) in [5.41, 5.74) is 5.93. The Balaban J connectivity index is 2.85. The van der Waals surface area contributed by atoms with Crippen LogP contribution in [0.3, 0.4) is 0 Å². The van der Waals surface area contributed by atoms with Crippen LogP contribution in [0.5, 0.6) is 0 Å². The van der Waals surface area contributed by atoms with E-state index < -0.39 is 11.8 Å². The van der Waals surface area contributed by atoms with Crippen LogP contribution in [0.15, 0.2) is 18.2 Å². The third-order valence-corrected chi connectivity index (χ3v) is 2.17. The minimum Gasteiger partial charge on any atom is -0.368 e. The summed E-state index contributed by atoms with van der Waals surface area (Å²) in [5.74, 6) is -0.972. The third-order valence-electron chi connectivity index (χ3n) is 2.17. The maximum atomic E-state index is 11.6. The average Bonchev–Trinajstić information content (AvgIpc) is 2.25. The van der Waals surface area contributed by atoms with E-state index in [0.29, 0.717) is 5.69 Å². The molecule has 1 rings (SSSR count). The summed E-state index contributed by atoms with van der Waals surface area (Å²) in [7, 11) is 0. The van der Waals surface area contributed by atoms with Gasteiger partial charge in [0.15, 0.2) is 0 Å². The van der Waals surface area contributed by atoms with Crippen LogP contribution in [0.1, 0.15) is 37.0 Å². The van der Waals surface area contributed by atoms with E-state index in [1.165, 1.54) is 0 Å². The van der Waals surface area contributed by atoms with E-state index in [2.05, 4.69) is 10.3 Å². The van der Waals surface area contributed by atoms with E-state index in [1.807, 2.05) is 26.8 Å². The number of pyridine rings is 1. The first-order valence-corrected chi connectivity index (χ1v) is 5.35. The van der Waals surface area contributed by atoms with Crippen molar-refractivity contribution >= 4 is 11.8 Å². The highest BCUT2D eigenvalue weighted by atomic mass is 16.2. The Hall–Kier alpha value is -1.91. The lowest BCUT2D eigenvalue weighted by Crippen LogP contribution is -2.34. The minimum absolute atomic E-state index is 0.125. The number of aromatic nitrogens is 1. The van der Waals surface area contributed by atoms with E-state index in [9.17, 15) is 9.59 Å². The Morgan fingerprint density at radius 2 is 2.00 bits per heavy atom. The highest BCUT2D eigenvalue weighted by molar-refractivity contribution is 5.94. The van der Waals surface area contributed by atoms with Crippen molar-refractivity contribution in [3.8, 4) is 0 Å². The highest BCUT2D eigenvalue weighted by Gasteiger charge is 2.17. The summed E-state index contributed by atoms with van der Waals surface area (Å²) in [6.45, 7) is 5.86. The highest BCUT2D eigenvalue weighted by Crippen LogP contribution is 2.19. The fraction of sp³-hybridized carbons (Fsp3) is 0.417. The van der Waals surface area contributed by atoms with Crippen molar-refractivity contribution < 1.29 is 9.59 Å². The molecule has 5 nitrogen and oxygen atoms in total. The predicted octanol–water partition coefficient (Wildman–Crippen LogP) is 0.594. The number of amides is 2. The zero-order valence-electron chi connectivity index (χ0n) is 10.3. The van der Waals surface area contributed by atoms with Gasteiger partial charge in [0.1, 0.15) is 5.69 Å². The molecule has 0 unspecified atom stereocenters. The molecule has 2 amide bonds. The lowest BCUT2D eigenvalue weighted by molar-refractivity contribution is -0.117. The van der Waals surface area contributed by atoms with Crippen LogP contribution < -0.4 is 11.1 Å². The summed E-state index contributed by atoms with van der Waals surface area (Å²) < 4.78 is 0. The van der Waals surface area contributed by atoms with Crippen LogP contribution in [0.4, 0.5) is 0 Å².